The predicted molar refractivity (Wildman–Crippen MR) is 113 cm³/mol. The van der Waals surface area contributed by atoms with Gasteiger partial charge in [0.15, 0.2) is 5.16 Å². The van der Waals surface area contributed by atoms with Crippen molar-refractivity contribution in [2.24, 2.45) is 0 Å². The number of thioether (sulfide) groups is 1. The maximum Gasteiger partial charge on any atom is 0.223 e. The minimum atomic E-state index is 0.315. The van der Waals surface area contributed by atoms with Gasteiger partial charge in [-0.3, -0.25) is 0 Å². The van der Waals surface area contributed by atoms with E-state index in [4.69, 9.17) is 9.72 Å². The van der Waals surface area contributed by atoms with E-state index in [-0.39, 0.29) is 0 Å². The van der Waals surface area contributed by atoms with Crippen molar-refractivity contribution in [3.8, 4) is 11.6 Å². The van der Waals surface area contributed by atoms with Crippen LogP contribution >= 0.6 is 11.8 Å². The third-order valence-corrected chi connectivity index (χ3v) is 5.19. The van der Waals surface area contributed by atoms with E-state index in [2.05, 4.69) is 69.1 Å². The number of hydrogen-bond acceptors (Lipinski definition) is 4. The van der Waals surface area contributed by atoms with Gasteiger partial charge in [0.25, 0.3) is 0 Å². The number of hydrogen-bond donors (Lipinski definition) is 0. The molecule has 1 heterocycles. The number of rotatable bonds is 7. The summed E-state index contributed by atoms with van der Waals surface area (Å²) < 4.78 is 6.03. The molecule has 0 amide bonds. The van der Waals surface area contributed by atoms with E-state index in [0.29, 0.717) is 17.7 Å². The van der Waals surface area contributed by atoms with E-state index < -0.39 is 0 Å². The van der Waals surface area contributed by atoms with Crippen molar-refractivity contribution in [2.75, 3.05) is 0 Å². The Labute approximate surface area is 166 Å². The van der Waals surface area contributed by atoms with Gasteiger partial charge in [-0.1, -0.05) is 81.9 Å². The Hall–Kier alpha value is -2.33. The molecular weight excluding hydrogens is 352 g/mol. The maximum atomic E-state index is 6.03. The molecular formula is C23H26N2OS. The smallest absolute Gasteiger partial charge is 0.223 e. The molecule has 0 N–H and O–H groups in total. The molecule has 0 saturated heterocycles. The zero-order chi connectivity index (χ0) is 19.2. The summed E-state index contributed by atoms with van der Waals surface area (Å²) in [5.74, 6) is 3.06. The lowest BCUT2D eigenvalue weighted by atomic mass is 10.0. The molecule has 3 aromatic rings. The number of benzene rings is 2. The average Bonchev–Trinajstić information content (AvgIpc) is 2.67. The second-order valence-corrected chi connectivity index (χ2v) is 8.11. The Bertz CT molecular complexity index is 861. The van der Waals surface area contributed by atoms with E-state index in [1.807, 2.05) is 24.3 Å². The monoisotopic (exact) mass is 378 g/mol. The van der Waals surface area contributed by atoms with Crippen LogP contribution in [-0.4, -0.2) is 9.97 Å². The van der Waals surface area contributed by atoms with E-state index in [9.17, 15) is 0 Å². The molecule has 3 nitrogen and oxygen atoms in total. The lowest BCUT2D eigenvalue weighted by Gasteiger charge is -2.12. The van der Waals surface area contributed by atoms with Crippen molar-refractivity contribution in [2.45, 2.75) is 50.4 Å². The maximum absolute atomic E-state index is 6.03. The van der Waals surface area contributed by atoms with Crippen LogP contribution in [0.1, 0.15) is 56.4 Å². The van der Waals surface area contributed by atoms with Gasteiger partial charge in [0.2, 0.25) is 5.88 Å². The number of nitrogens with zero attached hydrogens (tertiary/aromatic N) is 2. The molecule has 0 bridgehead atoms. The molecule has 1 aromatic heterocycles. The fourth-order valence-corrected chi connectivity index (χ4v) is 3.41. The Kier molecular flexibility index (Phi) is 6.51. The molecule has 3 rings (SSSR count). The fourth-order valence-electron chi connectivity index (χ4n) is 2.60. The topological polar surface area (TPSA) is 35.0 Å². The quantitative estimate of drug-likeness (QED) is 0.334. The fraction of sp³-hybridized carbons (Fsp3) is 0.304. The number of ether oxygens (including phenoxy) is 1. The van der Waals surface area contributed by atoms with Crippen LogP contribution in [0.15, 0.2) is 65.8 Å². The zero-order valence-corrected chi connectivity index (χ0v) is 17.2. The van der Waals surface area contributed by atoms with Crippen LogP contribution in [0.3, 0.4) is 0 Å². The Balaban J connectivity index is 1.78. The Morgan fingerprint density at radius 1 is 0.852 bits per heavy atom. The van der Waals surface area contributed by atoms with Crippen molar-refractivity contribution < 1.29 is 4.74 Å². The highest BCUT2D eigenvalue weighted by atomic mass is 32.2. The molecule has 0 radical (unpaired) electrons. The SMILES string of the molecule is CC(C)c1ccc(Oc2cc(C(C)C)nc(SCc3ccccc3)n2)cc1. The van der Waals surface area contributed by atoms with Gasteiger partial charge in [-0.25, -0.2) is 4.98 Å². The Morgan fingerprint density at radius 2 is 1.56 bits per heavy atom. The summed E-state index contributed by atoms with van der Waals surface area (Å²) in [4.78, 5) is 9.31. The van der Waals surface area contributed by atoms with E-state index in [1.165, 1.54) is 11.1 Å². The second kappa shape index (κ2) is 9.05. The zero-order valence-electron chi connectivity index (χ0n) is 16.3. The summed E-state index contributed by atoms with van der Waals surface area (Å²) in [7, 11) is 0. The van der Waals surface area contributed by atoms with Crippen molar-refractivity contribution in [3.63, 3.8) is 0 Å². The third-order valence-electron chi connectivity index (χ3n) is 4.27. The lowest BCUT2D eigenvalue weighted by molar-refractivity contribution is 0.452. The first kappa shape index (κ1) is 19.4. The minimum Gasteiger partial charge on any atom is -0.439 e. The molecule has 27 heavy (non-hydrogen) atoms. The van der Waals surface area contributed by atoms with Crippen LogP contribution < -0.4 is 4.74 Å². The normalized spacial score (nSPS) is 11.2. The summed E-state index contributed by atoms with van der Waals surface area (Å²) >= 11 is 1.63. The Morgan fingerprint density at radius 3 is 2.19 bits per heavy atom. The molecule has 4 heteroatoms. The molecule has 0 aliphatic carbocycles. The highest BCUT2D eigenvalue weighted by Gasteiger charge is 2.11. The van der Waals surface area contributed by atoms with Crippen LogP contribution in [0.4, 0.5) is 0 Å². The molecule has 0 spiro atoms. The van der Waals surface area contributed by atoms with Gasteiger partial charge in [-0.05, 0) is 35.1 Å². The predicted octanol–water partition coefficient (Wildman–Crippen LogP) is 6.81. The molecule has 0 saturated carbocycles. The van der Waals surface area contributed by atoms with Crippen LogP contribution in [0.25, 0.3) is 0 Å². The van der Waals surface area contributed by atoms with Gasteiger partial charge in [0.1, 0.15) is 5.75 Å². The molecule has 0 unspecified atom stereocenters. The molecule has 2 aromatic carbocycles. The summed E-state index contributed by atoms with van der Waals surface area (Å²) in [6.45, 7) is 8.64. The first-order chi connectivity index (χ1) is 13.0. The molecule has 0 aliphatic rings. The van der Waals surface area contributed by atoms with Gasteiger partial charge in [-0.2, -0.15) is 4.98 Å². The van der Waals surface area contributed by atoms with E-state index in [0.717, 1.165) is 22.4 Å². The van der Waals surface area contributed by atoms with Crippen LogP contribution in [0.5, 0.6) is 11.6 Å². The van der Waals surface area contributed by atoms with Gasteiger partial charge < -0.3 is 4.74 Å². The first-order valence-electron chi connectivity index (χ1n) is 9.35. The van der Waals surface area contributed by atoms with Gasteiger partial charge in [0.05, 0.1) is 5.69 Å². The summed E-state index contributed by atoms with van der Waals surface area (Å²) in [6.07, 6.45) is 0. The number of aromatic nitrogens is 2. The van der Waals surface area contributed by atoms with Crippen molar-refractivity contribution in [3.05, 3.63) is 77.5 Å². The van der Waals surface area contributed by atoms with Gasteiger partial charge in [0, 0.05) is 11.8 Å². The molecule has 0 aliphatic heterocycles. The van der Waals surface area contributed by atoms with Crippen LogP contribution in [0, 0.1) is 0 Å². The lowest BCUT2D eigenvalue weighted by Crippen LogP contribution is -2.00. The van der Waals surface area contributed by atoms with Crippen LogP contribution in [0.2, 0.25) is 0 Å². The first-order valence-corrected chi connectivity index (χ1v) is 10.3. The average molecular weight is 379 g/mol. The summed E-state index contributed by atoms with van der Waals surface area (Å²) in [5.41, 5.74) is 3.55. The van der Waals surface area contributed by atoms with Crippen molar-refractivity contribution in [1.82, 2.24) is 9.97 Å². The molecule has 140 valence electrons. The van der Waals surface area contributed by atoms with Crippen molar-refractivity contribution in [1.29, 1.82) is 0 Å². The third kappa shape index (κ3) is 5.57. The summed E-state index contributed by atoms with van der Waals surface area (Å²) in [5, 5.41) is 0.749. The van der Waals surface area contributed by atoms with Gasteiger partial charge >= 0.3 is 0 Å². The highest BCUT2D eigenvalue weighted by Crippen LogP contribution is 2.28. The van der Waals surface area contributed by atoms with Crippen LogP contribution in [-0.2, 0) is 5.75 Å². The second-order valence-electron chi connectivity index (χ2n) is 7.17. The van der Waals surface area contributed by atoms with Crippen molar-refractivity contribution >= 4 is 11.8 Å². The molecule has 0 atom stereocenters. The minimum absolute atomic E-state index is 0.315. The van der Waals surface area contributed by atoms with E-state index >= 15 is 0 Å². The largest absolute Gasteiger partial charge is 0.439 e. The van der Waals surface area contributed by atoms with E-state index in [1.54, 1.807) is 11.8 Å². The highest BCUT2D eigenvalue weighted by molar-refractivity contribution is 7.98. The standard InChI is InChI=1S/C23H26N2OS/c1-16(2)19-10-12-20(13-11-19)26-22-14-21(17(3)4)24-23(25-22)27-15-18-8-6-5-7-9-18/h5-14,16-17H,15H2,1-4H3. The summed E-state index contributed by atoms with van der Waals surface area (Å²) in [6, 6.07) is 20.5. The van der Waals surface area contributed by atoms with Gasteiger partial charge in [-0.15, -0.1) is 0 Å². The molecule has 0 fully saturated rings.